The summed E-state index contributed by atoms with van der Waals surface area (Å²) < 4.78 is 43.3. The number of benzene rings is 3. The average molecular weight is 455 g/mol. The average Bonchev–Trinajstić information content (AvgIpc) is 2.77. The SMILES string of the molecule is Cc1ccc(/C=C(\CC[C@@H](O)c2ccc(C)cc2)[C@](O)(c2ccc(C)cc2)C(F)(F)F)cc1. The van der Waals surface area contributed by atoms with Gasteiger partial charge in [-0.3, -0.25) is 0 Å². The van der Waals surface area contributed by atoms with E-state index in [2.05, 4.69) is 0 Å². The fraction of sp³-hybridized carbons (Fsp3) is 0.286. The summed E-state index contributed by atoms with van der Waals surface area (Å²) in [6.45, 7) is 5.59. The Labute approximate surface area is 193 Å². The molecule has 3 rings (SSSR count). The summed E-state index contributed by atoms with van der Waals surface area (Å²) >= 11 is 0. The van der Waals surface area contributed by atoms with Gasteiger partial charge in [-0.1, -0.05) is 95.6 Å². The summed E-state index contributed by atoms with van der Waals surface area (Å²) in [7, 11) is 0. The highest BCUT2D eigenvalue weighted by atomic mass is 19.4. The fourth-order valence-corrected chi connectivity index (χ4v) is 3.79. The molecule has 0 saturated carbocycles. The summed E-state index contributed by atoms with van der Waals surface area (Å²) in [6, 6.07) is 20.0. The molecule has 0 aliphatic rings. The van der Waals surface area contributed by atoms with E-state index in [9.17, 15) is 23.4 Å². The Kier molecular flexibility index (Phi) is 7.45. The van der Waals surface area contributed by atoms with E-state index in [0.29, 0.717) is 11.1 Å². The van der Waals surface area contributed by atoms with Crippen molar-refractivity contribution in [2.75, 3.05) is 0 Å². The van der Waals surface area contributed by atoms with Crippen LogP contribution in [0.3, 0.4) is 0 Å². The molecule has 0 aromatic heterocycles. The van der Waals surface area contributed by atoms with Gasteiger partial charge < -0.3 is 10.2 Å². The van der Waals surface area contributed by atoms with Crippen LogP contribution in [0, 0.1) is 20.8 Å². The molecule has 5 heteroatoms. The monoisotopic (exact) mass is 454 g/mol. The van der Waals surface area contributed by atoms with Crippen LogP contribution in [0.15, 0.2) is 78.4 Å². The van der Waals surface area contributed by atoms with Gasteiger partial charge in [0.15, 0.2) is 0 Å². The van der Waals surface area contributed by atoms with Crippen LogP contribution in [0.4, 0.5) is 13.2 Å². The first-order chi connectivity index (χ1) is 15.5. The lowest BCUT2D eigenvalue weighted by molar-refractivity contribution is -0.250. The molecule has 0 spiro atoms. The van der Waals surface area contributed by atoms with Crippen molar-refractivity contribution < 1.29 is 23.4 Å². The molecule has 0 saturated heterocycles. The summed E-state index contributed by atoms with van der Waals surface area (Å²) in [5.41, 5.74) is 0.333. The zero-order valence-electron chi connectivity index (χ0n) is 19.0. The van der Waals surface area contributed by atoms with Crippen molar-refractivity contribution in [3.8, 4) is 0 Å². The van der Waals surface area contributed by atoms with E-state index in [4.69, 9.17) is 0 Å². The Morgan fingerprint density at radius 1 is 0.788 bits per heavy atom. The lowest BCUT2D eigenvalue weighted by Crippen LogP contribution is -2.44. The number of halogens is 3. The van der Waals surface area contributed by atoms with Gasteiger partial charge in [-0.15, -0.1) is 0 Å². The zero-order valence-corrected chi connectivity index (χ0v) is 19.0. The van der Waals surface area contributed by atoms with Crippen LogP contribution < -0.4 is 0 Å². The summed E-state index contributed by atoms with van der Waals surface area (Å²) in [5, 5.41) is 21.9. The first-order valence-corrected chi connectivity index (χ1v) is 10.9. The molecule has 3 aromatic rings. The van der Waals surface area contributed by atoms with Crippen LogP contribution in [-0.2, 0) is 5.60 Å². The van der Waals surface area contributed by atoms with Crippen LogP contribution >= 0.6 is 0 Å². The van der Waals surface area contributed by atoms with E-state index in [1.54, 1.807) is 43.3 Å². The molecule has 0 fully saturated rings. The Bertz CT molecular complexity index is 1080. The van der Waals surface area contributed by atoms with Gasteiger partial charge in [-0.05, 0) is 55.9 Å². The van der Waals surface area contributed by atoms with Gasteiger partial charge in [0.1, 0.15) is 0 Å². The van der Waals surface area contributed by atoms with Gasteiger partial charge in [-0.25, -0.2) is 0 Å². The second-order valence-corrected chi connectivity index (χ2v) is 8.62. The predicted molar refractivity (Wildman–Crippen MR) is 126 cm³/mol. The maximum absolute atomic E-state index is 14.4. The highest BCUT2D eigenvalue weighted by molar-refractivity contribution is 5.57. The molecule has 0 radical (unpaired) electrons. The summed E-state index contributed by atoms with van der Waals surface area (Å²) in [6.07, 6.45) is -4.64. The fourth-order valence-electron chi connectivity index (χ4n) is 3.79. The van der Waals surface area contributed by atoms with Crippen LogP contribution in [0.25, 0.3) is 6.08 Å². The Morgan fingerprint density at radius 2 is 1.24 bits per heavy atom. The topological polar surface area (TPSA) is 40.5 Å². The van der Waals surface area contributed by atoms with Gasteiger partial charge in [0.25, 0.3) is 0 Å². The smallest absolute Gasteiger partial charge is 0.388 e. The second-order valence-electron chi connectivity index (χ2n) is 8.62. The largest absolute Gasteiger partial charge is 0.425 e. The lowest BCUT2D eigenvalue weighted by Gasteiger charge is -2.34. The molecule has 2 N–H and O–H groups in total. The van der Waals surface area contributed by atoms with Crippen molar-refractivity contribution >= 4 is 6.08 Å². The predicted octanol–water partition coefficient (Wildman–Crippen LogP) is 6.96. The van der Waals surface area contributed by atoms with Gasteiger partial charge >= 0.3 is 6.18 Å². The summed E-state index contributed by atoms with van der Waals surface area (Å²) in [4.78, 5) is 0. The minimum absolute atomic E-state index is 0.0327. The Balaban J connectivity index is 2.04. The third kappa shape index (κ3) is 5.73. The minimum Gasteiger partial charge on any atom is -0.388 e. The van der Waals surface area contributed by atoms with E-state index >= 15 is 0 Å². The van der Waals surface area contributed by atoms with Gasteiger partial charge in [-0.2, -0.15) is 13.2 Å². The zero-order chi connectivity index (χ0) is 24.2. The van der Waals surface area contributed by atoms with Crippen LogP contribution in [-0.4, -0.2) is 16.4 Å². The lowest BCUT2D eigenvalue weighted by atomic mass is 9.81. The van der Waals surface area contributed by atoms with E-state index in [1.807, 2.05) is 38.1 Å². The van der Waals surface area contributed by atoms with Gasteiger partial charge in [0.05, 0.1) is 6.10 Å². The highest BCUT2D eigenvalue weighted by Crippen LogP contribution is 2.47. The van der Waals surface area contributed by atoms with E-state index in [1.165, 1.54) is 18.2 Å². The molecule has 174 valence electrons. The first-order valence-electron chi connectivity index (χ1n) is 10.9. The van der Waals surface area contributed by atoms with Crippen molar-refractivity contribution in [1.82, 2.24) is 0 Å². The number of hydrogen-bond acceptors (Lipinski definition) is 2. The molecule has 0 amide bonds. The normalized spacial score (nSPS) is 15.2. The van der Waals surface area contributed by atoms with Gasteiger partial charge in [0, 0.05) is 0 Å². The number of rotatable bonds is 7. The first kappa shape index (κ1) is 24.7. The van der Waals surface area contributed by atoms with E-state index in [-0.39, 0.29) is 24.0 Å². The molecule has 33 heavy (non-hydrogen) atoms. The molecule has 2 atom stereocenters. The van der Waals surface area contributed by atoms with Crippen LogP contribution in [0.1, 0.15) is 52.3 Å². The van der Waals surface area contributed by atoms with Crippen molar-refractivity contribution in [1.29, 1.82) is 0 Å². The molecule has 0 bridgehead atoms. The van der Waals surface area contributed by atoms with Crippen molar-refractivity contribution in [2.45, 2.75) is 51.5 Å². The summed E-state index contributed by atoms with van der Waals surface area (Å²) in [5.74, 6) is 0. The quantitative estimate of drug-likeness (QED) is 0.405. The molecule has 2 nitrogen and oxygen atoms in total. The third-order valence-electron chi connectivity index (χ3n) is 5.91. The molecule has 0 heterocycles. The number of aliphatic hydroxyl groups excluding tert-OH is 1. The van der Waals surface area contributed by atoms with Crippen LogP contribution in [0.2, 0.25) is 0 Å². The molecule has 3 aromatic carbocycles. The van der Waals surface area contributed by atoms with Crippen molar-refractivity contribution in [2.24, 2.45) is 0 Å². The molecule has 0 unspecified atom stereocenters. The number of aryl methyl sites for hydroxylation is 3. The number of alkyl halides is 3. The van der Waals surface area contributed by atoms with Crippen LogP contribution in [0.5, 0.6) is 0 Å². The van der Waals surface area contributed by atoms with E-state index < -0.39 is 17.9 Å². The maximum atomic E-state index is 14.4. The van der Waals surface area contributed by atoms with Gasteiger partial charge in [0.2, 0.25) is 5.60 Å². The highest BCUT2D eigenvalue weighted by Gasteiger charge is 2.57. The minimum atomic E-state index is -4.95. The molecule has 0 aliphatic carbocycles. The molecule has 0 aliphatic heterocycles. The number of hydrogen-bond donors (Lipinski definition) is 2. The second kappa shape index (κ2) is 9.94. The third-order valence-corrected chi connectivity index (χ3v) is 5.91. The Morgan fingerprint density at radius 3 is 1.73 bits per heavy atom. The van der Waals surface area contributed by atoms with Crippen molar-refractivity contribution in [3.05, 3.63) is 112 Å². The number of aliphatic hydroxyl groups is 2. The molecular weight excluding hydrogens is 425 g/mol. The van der Waals surface area contributed by atoms with Crippen molar-refractivity contribution in [3.63, 3.8) is 0 Å². The van der Waals surface area contributed by atoms with E-state index in [0.717, 1.165) is 16.7 Å². The molecular formula is C28H29F3O2. The maximum Gasteiger partial charge on any atom is 0.425 e. The standard InChI is InChI=1S/C28H29F3O2/c1-19-4-10-22(11-5-19)18-25(16-17-26(32)23-12-6-20(2)7-13-23)27(33,28(29,30)31)24-14-8-21(3)9-15-24/h4-15,18,26,32-33H,16-17H2,1-3H3/b25-18+/t26-,27-/m1/s1. The Hall–Kier alpha value is -2.89.